The van der Waals surface area contributed by atoms with E-state index in [0.717, 1.165) is 5.56 Å². The van der Waals surface area contributed by atoms with Crippen LogP contribution in [0.15, 0.2) is 48.5 Å². The van der Waals surface area contributed by atoms with Crippen molar-refractivity contribution in [2.75, 3.05) is 7.11 Å². The lowest BCUT2D eigenvalue weighted by atomic mass is 10.1. The minimum absolute atomic E-state index is 0.0185. The molecule has 0 aliphatic carbocycles. The first kappa shape index (κ1) is 15.9. The molecule has 22 heavy (non-hydrogen) atoms. The molecule has 0 aliphatic rings. The molecule has 0 radical (unpaired) electrons. The molecule has 2 aromatic rings. The fourth-order valence-electron chi connectivity index (χ4n) is 2.00. The second-order valence-corrected chi connectivity index (χ2v) is 4.82. The predicted molar refractivity (Wildman–Crippen MR) is 81.1 cm³/mol. The van der Waals surface area contributed by atoms with Gasteiger partial charge in [0.25, 0.3) is 0 Å². The number of aliphatic hydroxyl groups excluding tert-OH is 1. The first-order valence-corrected chi connectivity index (χ1v) is 6.84. The predicted octanol–water partition coefficient (Wildman–Crippen LogP) is 2.26. The van der Waals surface area contributed by atoms with Crippen LogP contribution in [0.3, 0.4) is 0 Å². The van der Waals surface area contributed by atoms with E-state index >= 15 is 0 Å². The Bertz CT molecular complexity index is 624. The van der Waals surface area contributed by atoms with Crippen LogP contribution in [0, 0.1) is 0 Å². The summed E-state index contributed by atoms with van der Waals surface area (Å²) in [5.41, 5.74) is 1.70. The van der Waals surface area contributed by atoms with Crippen molar-refractivity contribution in [2.24, 2.45) is 0 Å². The van der Waals surface area contributed by atoms with Crippen LogP contribution in [0.25, 0.3) is 0 Å². The van der Waals surface area contributed by atoms with Crippen molar-refractivity contribution in [1.82, 2.24) is 0 Å². The molecule has 0 saturated heterocycles. The Morgan fingerprint density at radius 2 is 1.82 bits per heavy atom. The van der Waals surface area contributed by atoms with Crippen LogP contribution in [-0.2, 0) is 17.8 Å². The molecule has 0 amide bonds. The Morgan fingerprint density at radius 1 is 1.09 bits per heavy atom. The molecule has 0 bridgehead atoms. The van der Waals surface area contributed by atoms with E-state index in [1.54, 1.807) is 18.2 Å². The lowest BCUT2D eigenvalue weighted by Crippen LogP contribution is -2.21. The molecular weight excluding hydrogens is 284 g/mol. The Labute approximate surface area is 128 Å². The van der Waals surface area contributed by atoms with Gasteiger partial charge in [-0.25, -0.2) is 4.79 Å². The maximum Gasteiger partial charge on any atom is 0.332 e. The van der Waals surface area contributed by atoms with Gasteiger partial charge in [0.1, 0.15) is 6.61 Å². The number of rotatable bonds is 7. The summed E-state index contributed by atoms with van der Waals surface area (Å²) in [6, 6.07) is 14.8. The van der Waals surface area contributed by atoms with Crippen molar-refractivity contribution < 1.29 is 24.5 Å². The number of carboxylic acid groups (broad SMARTS) is 1. The van der Waals surface area contributed by atoms with Crippen LogP contribution in [-0.4, -0.2) is 29.4 Å². The quantitative estimate of drug-likeness (QED) is 0.820. The van der Waals surface area contributed by atoms with E-state index in [0.29, 0.717) is 23.7 Å². The van der Waals surface area contributed by atoms with Crippen LogP contribution in [0.2, 0.25) is 0 Å². The normalized spacial score (nSPS) is 11.7. The number of aliphatic hydroxyl groups is 1. The average molecular weight is 302 g/mol. The van der Waals surface area contributed by atoms with Gasteiger partial charge in [-0.15, -0.1) is 0 Å². The molecule has 116 valence electrons. The summed E-state index contributed by atoms with van der Waals surface area (Å²) in [7, 11) is 1.52. The van der Waals surface area contributed by atoms with Gasteiger partial charge in [0, 0.05) is 6.42 Å². The molecule has 5 nitrogen and oxygen atoms in total. The zero-order valence-electron chi connectivity index (χ0n) is 12.2. The van der Waals surface area contributed by atoms with Crippen molar-refractivity contribution in [1.29, 1.82) is 0 Å². The van der Waals surface area contributed by atoms with E-state index in [4.69, 9.17) is 14.6 Å². The molecular formula is C17H18O5. The number of benzene rings is 2. The lowest BCUT2D eigenvalue weighted by molar-refractivity contribution is -0.146. The van der Waals surface area contributed by atoms with Crippen molar-refractivity contribution in [3.8, 4) is 11.5 Å². The zero-order valence-corrected chi connectivity index (χ0v) is 12.2. The number of aliphatic carboxylic acids is 1. The molecule has 2 N–H and O–H groups in total. The van der Waals surface area contributed by atoms with Crippen LogP contribution >= 0.6 is 0 Å². The highest BCUT2D eigenvalue weighted by atomic mass is 16.5. The summed E-state index contributed by atoms with van der Waals surface area (Å²) in [6.45, 7) is 0.411. The number of hydrogen-bond donors (Lipinski definition) is 2. The van der Waals surface area contributed by atoms with E-state index in [9.17, 15) is 9.90 Å². The lowest BCUT2D eigenvalue weighted by Gasteiger charge is -2.13. The van der Waals surface area contributed by atoms with Gasteiger partial charge >= 0.3 is 5.97 Å². The van der Waals surface area contributed by atoms with Crippen molar-refractivity contribution in [3.63, 3.8) is 0 Å². The molecule has 0 aliphatic heterocycles. The van der Waals surface area contributed by atoms with E-state index in [-0.39, 0.29) is 6.42 Å². The highest BCUT2D eigenvalue weighted by Crippen LogP contribution is 2.29. The fourth-order valence-corrected chi connectivity index (χ4v) is 2.00. The molecule has 0 spiro atoms. The first-order chi connectivity index (χ1) is 10.6. The number of ether oxygens (including phenoxy) is 2. The number of carboxylic acids is 1. The minimum Gasteiger partial charge on any atom is -0.493 e. The van der Waals surface area contributed by atoms with Crippen molar-refractivity contribution in [2.45, 2.75) is 19.1 Å². The Balaban J connectivity index is 2.07. The van der Waals surface area contributed by atoms with Gasteiger partial charge in [-0.2, -0.15) is 0 Å². The SMILES string of the molecule is COc1cc(CC(O)C(=O)O)ccc1OCc1ccccc1. The van der Waals surface area contributed by atoms with Gasteiger partial charge in [0.05, 0.1) is 7.11 Å². The summed E-state index contributed by atoms with van der Waals surface area (Å²) in [4.78, 5) is 10.7. The third-order valence-corrected chi connectivity index (χ3v) is 3.18. The van der Waals surface area contributed by atoms with E-state index in [1.165, 1.54) is 7.11 Å². The van der Waals surface area contributed by atoms with Crippen molar-refractivity contribution >= 4 is 5.97 Å². The monoisotopic (exact) mass is 302 g/mol. The third kappa shape index (κ3) is 4.23. The number of methoxy groups -OCH3 is 1. The van der Waals surface area contributed by atoms with Crippen LogP contribution < -0.4 is 9.47 Å². The maximum atomic E-state index is 10.7. The second kappa shape index (κ2) is 7.47. The molecule has 1 unspecified atom stereocenters. The van der Waals surface area contributed by atoms with Gasteiger partial charge in [-0.1, -0.05) is 36.4 Å². The van der Waals surface area contributed by atoms with Gasteiger partial charge < -0.3 is 19.7 Å². The number of hydrogen-bond acceptors (Lipinski definition) is 4. The van der Waals surface area contributed by atoms with Crippen LogP contribution in [0.5, 0.6) is 11.5 Å². The molecule has 0 fully saturated rings. The molecule has 1 atom stereocenters. The molecule has 0 saturated carbocycles. The van der Waals surface area contributed by atoms with Gasteiger partial charge in [0.2, 0.25) is 0 Å². The molecule has 0 aromatic heterocycles. The minimum atomic E-state index is -1.43. The summed E-state index contributed by atoms with van der Waals surface area (Å²) >= 11 is 0. The number of carbonyl (C=O) groups is 1. The summed E-state index contributed by atoms with van der Waals surface area (Å²) in [5, 5.41) is 18.1. The summed E-state index contributed by atoms with van der Waals surface area (Å²) in [5.74, 6) is -0.172. The smallest absolute Gasteiger partial charge is 0.332 e. The van der Waals surface area contributed by atoms with Gasteiger partial charge in [0.15, 0.2) is 17.6 Å². The van der Waals surface area contributed by atoms with Crippen LogP contribution in [0.1, 0.15) is 11.1 Å². The molecule has 2 aromatic carbocycles. The Hall–Kier alpha value is -2.53. The topological polar surface area (TPSA) is 76.0 Å². The van der Waals surface area contributed by atoms with Gasteiger partial charge in [-0.3, -0.25) is 0 Å². The molecule has 0 heterocycles. The highest BCUT2D eigenvalue weighted by Gasteiger charge is 2.15. The highest BCUT2D eigenvalue weighted by molar-refractivity contribution is 5.72. The second-order valence-electron chi connectivity index (χ2n) is 4.82. The standard InChI is InChI=1S/C17H18O5/c1-21-16-10-13(9-14(18)17(19)20)7-8-15(16)22-11-12-5-3-2-4-6-12/h2-8,10,14,18H,9,11H2,1H3,(H,19,20). The summed E-state index contributed by atoms with van der Waals surface area (Å²) in [6.07, 6.45) is -1.41. The van der Waals surface area contributed by atoms with E-state index in [2.05, 4.69) is 0 Å². The largest absolute Gasteiger partial charge is 0.493 e. The van der Waals surface area contributed by atoms with E-state index in [1.807, 2.05) is 30.3 Å². The molecule has 5 heteroatoms. The first-order valence-electron chi connectivity index (χ1n) is 6.84. The molecule has 2 rings (SSSR count). The maximum absolute atomic E-state index is 10.7. The van der Waals surface area contributed by atoms with Crippen LogP contribution in [0.4, 0.5) is 0 Å². The third-order valence-electron chi connectivity index (χ3n) is 3.18. The van der Waals surface area contributed by atoms with E-state index < -0.39 is 12.1 Å². The summed E-state index contributed by atoms with van der Waals surface area (Å²) < 4.78 is 11.0. The Kier molecular flexibility index (Phi) is 5.38. The Morgan fingerprint density at radius 3 is 2.45 bits per heavy atom. The zero-order chi connectivity index (χ0) is 15.9. The average Bonchev–Trinajstić information content (AvgIpc) is 2.54. The van der Waals surface area contributed by atoms with Crippen molar-refractivity contribution in [3.05, 3.63) is 59.7 Å². The fraction of sp³-hybridized carbons (Fsp3) is 0.235. The van der Waals surface area contributed by atoms with Gasteiger partial charge in [-0.05, 0) is 23.3 Å².